The Morgan fingerprint density at radius 2 is 2.18 bits per heavy atom. The first kappa shape index (κ1) is 13.9. The van der Waals surface area contributed by atoms with Crippen LogP contribution in [0.1, 0.15) is 38.2 Å². The summed E-state index contributed by atoms with van der Waals surface area (Å²) in [6.45, 7) is 9.80. The van der Waals surface area contributed by atoms with Crippen LogP contribution in [-0.2, 0) is 6.54 Å². The van der Waals surface area contributed by atoms with Crippen molar-refractivity contribution in [2.24, 2.45) is 0 Å². The normalized spacial score (nSPS) is 12.7. The lowest BCUT2D eigenvalue weighted by molar-refractivity contribution is 0.464. The Morgan fingerprint density at radius 1 is 1.47 bits per heavy atom. The zero-order chi connectivity index (χ0) is 12.8. The first-order valence-corrected chi connectivity index (χ1v) is 6.33. The minimum Gasteiger partial charge on any atom is -0.314 e. The molecule has 0 aliphatic rings. The van der Waals surface area contributed by atoms with Crippen molar-refractivity contribution in [3.63, 3.8) is 0 Å². The number of nitrogens with zero attached hydrogens (tertiary/aromatic N) is 2. The van der Waals surface area contributed by atoms with E-state index in [1.54, 1.807) is 10.6 Å². The molecule has 0 saturated carbocycles. The summed E-state index contributed by atoms with van der Waals surface area (Å²) < 4.78 is 1.75. The summed E-state index contributed by atoms with van der Waals surface area (Å²) >= 11 is 0. The molecule has 0 amide bonds. The molecule has 0 aliphatic carbocycles. The maximum absolute atomic E-state index is 11.8. The minimum absolute atomic E-state index is 0.0534. The standard InChI is InChI=1S/C13H23N3O/c1-5-7-14-10(2)6-8-16-12(4)15-11(3)9-13(16)17/h9-10,14H,5-8H2,1-4H3. The molecule has 0 radical (unpaired) electrons. The third-order valence-electron chi connectivity index (χ3n) is 2.86. The molecule has 1 rings (SSSR count). The maximum atomic E-state index is 11.8. The van der Waals surface area contributed by atoms with Crippen molar-refractivity contribution in [2.75, 3.05) is 6.54 Å². The van der Waals surface area contributed by atoms with Crippen LogP contribution in [0.25, 0.3) is 0 Å². The van der Waals surface area contributed by atoms with E-state index in [0.29, 0.717) is 6.04 Å². The van der Waals surface area contributed by atoms with Gasteiger partial charge in [0.1, 0.15) is 5.82 Å². The highest BCUT2D eigenvalue weighted by atomic mass is 16.1. The van der Waals surface area contributed by atoms with Crippen molar-refractivity contribution in [3.8, 4) is 0 Å². The van der Waals surface area contributed by atoms with Crippen LogP contribution in [0.5, 0.6) is 0 Å². The molecule has 17 heavy (non-hydrogen) atoms. The fourth-order valence-electron chi connectivity index (χ4n) is 1.85. The van der Waals surface area contributed by atoms with E-state index in [9.17, 15) is 4.79 Å². The van der Waals surface area contributed by atoms with Crippen molar-refractivity contribution in [1.82, 2.24) is 14.9 Å². The Hall–Kier alpha value is -1.16. The molecule has 0 saturated heterocycles. The molecular weight excluding hydrogens is 214 g/mol. The van der Waals surface area contributed by atoms with Crippen molar-refractivity contribution >= 4 is 0 Å². The fraction of sp³-hybridized carbons (Fsp3) is 0.692. The topological polar surface area (TPSA) is 46.9 Å². The van der Waals surface area contributed by atoms with Gasteiger partial charge >= 0.3 is 0 Å². The molecule has 4 heteroatoms. The highest BCUT2D eigenvalue weighted by molar-refractivity contribution is 5.01. The van der Waals surface area contributed by atoms with E-state index in [1.807, 2.05) is 13.8 Å². The minimum atomic E-state index is 0.0534. The van der Waals surface area contributed by atoms with Crippen LogP contribution in [0, 0.1) is 13.8 Å². The van der Waals surface area contributed by atoms with Gasteiger partial charge in [-0.1, -0.05) is 6.92 Å². The first-order valence-electron chi connectivity index (χ1n) is 6.33. The van der Waals surface area contributed by atoms with Gasteiger partial charge in [0.15, 0.2) is 0 Å². The van der Waals surface area contributed by atoms with E-state index in [2.05, 4.69) is 24.1 Å². The summed E-state index contributed by atoms with van der Waals surface area (Å²) in [4.78, 5) is 16.1. The second-order valence-electron chi connectivity index (χ2n) is 4.58. The van der Waals surface area contributed by atoms with Crippen LogP contribution in [-0.4, -0.2) is 22.1 Å². The second-order valence-corrected chi connectivity index (χ2v) is 4.58. The van der Waals surface area contributed by atoms with Crippen molar-refractivity contribution in [2.45, 2.75) is 53.1 Å². The summed E-state index contributed by atoms with van der Waals surface area (Å²) in [6, 6.07) is 2.03. The molecule has 1 heterocycles. The zero-order valence-electron chi connectivity index (χ0n) is 11.3. The molecule has 1 aromatic heterocycles. The van der Waals surface area contributed by atoms with Gasteiger partial charge in [-0.25, -0.2) is 4.98 Å². The number of aromatic nitrogens is 2. The van der Waals surface area contributed by atoms with E-state index in [4.69, 9.17) is 0 Å². The summed E-state index contributed by atoms with van der Waals surface area (Å²) in [5.74, 6) is 0.803. The number of hydrogen-bond donors (Lipinski definition) is 1. The van der Waals surface area contributed by atoms with E-state index < -0.39 is 0 Å². The summed E-state index contributed by atoms with van der Waals surface area (Å²) in [7, 11) is 0. The molecule has 4 nitrogen and oxygen atoms in total. The van der Waals surface area contributed by atoms with E-state index >= 15 is 0 Å². The maximum Gasteiger partial charge on any atom is 0.253 e. The van der Waals surface area contributed by atoms with Crippen LogP contribution < -0.4 is 10.9 Å². The lowest BCUT2D eigenvalue weighted by Crippen LogP contribution is -2.31. The monoisotopic (exact) mass is 237 g/mol. The fourth-order valence-corrected chi connectivity index (χ4v) is 1.85. The molecule has 1 atom stereocenters. The zero-order valence-corrected chi connectivity index (χ0v) is 11.3. The van der Waals surface area contributed by atoms with Gasteiger partial charge in [-0.15, -0.1) is 0 Å². The largest absolute Gasteiger partial charge is 0.314 e. The Balaban J connectivity index is 2.60. The van der Waals surface area contributed by atoms with Crippen LogP contribution in [0.15, 0.2) is 10.9 Å². The highest BCUT2D eigenvalue weighted by Gasteiger charge is 2.05. The van der Waals surface area contributed by atoms with Crippen molar-refractivity contribution < 1.29 is 0 Å². The quantitative estimate of drug-likeness (QED) is 0.818. The lowest BCUT2D eigenvalue weighted by atomic mass is 10.2. The Kier molecular flexibility index (Phi) is 5.35. The molecule has 0 aliphatic heterocycles. The molecule has 0 aromatic carbocycles. The van der Waals surface area contributed by atoms with Gasteiger partial charge in [0.2, 0.25) is 0 Å². The third-order valence-corrected chi connectivity index (χ3v) is 2.86. The highest BCUT2D eigenvalue weighted by Crippen LogP contribution is 1.98. The SMILES string of the molecule is CCCNC(C)CCn1c(C)nc(C)cc1=O. The van der Waals surface area contributed by atoms with Crippen LogP contribution in [0.3, 0.4) is 0 Å². The molecule has 1 N–H and O–H groups in total. The van der Waals surface area contributed by atoms with Gasteiger partial charge in [-0.2, -0.15) is 0 Å². The smallest absolute Gasteiger partial charge is 0.253 e. The third kappa shape index (κ3) is 4.30. The molecule has 1 unspecified atom stereocenters. The van der Waals surface area contributed by atoms with Crippen LogP contribution >= 0.6 is 0 Å². The second kappa shape index (κ2) is 6.55. The van der Waals surface area contributed by atoms with Gasteiger partial charge in [-0.3, -0.25) is 9.36 Å². The lowest BCUT2D eigenvalue weighted by Gasteiger charge is -2.15. The predicted molar refractivity (Wildman–Crippen MR) is 70.3 cm³/mol. The Labute approximate surface area is 103 Å². The average molecular weight is 237 g/mol. The van der Waals surface area contributed by atoms with Gasteiger partial charge in [0.25, 0.3) is 5.56 Å². The Morgan fingerprint density at radius 3 is 2.76 bits per heavy atom. The molecular formula is C13H23N3O. The van der Waals surface area contributed by atoms with E-state index in [0.717, 1.165) is 37.4 Å². The van der Waals surface area contributed by atoms with Crippen LogP contribution in [0.2, 0.25) is 0 Å². The van der Waals surface area contributed by atoms with Crippen molar-refractivity contribution in [1.29, 1.82) is 0 Å². The molecule has 0 bridgehead atoms. The van der Waals surface area contributed by atoms with E-state index in [1.165, 1.54) is 0 Å². The van der Waals surface area contributed by atoms with Crippen LogP contribution in [0.4, 0.5) is 0 Å². The summed E-state index contributed by atoms with van der Waals surface area (Å²) in [5.41, 5.74) is 0.846. The number of rotatable bonds is 6. The number of aryl methyl sites for hydroxylation is 2. The van der Waals surface area contributed by atoms with Crippen molar-refractivity contribution in [3.05, 3.63) is 27.9 Å². The number of hydrogen-bond acceptors (Lipinski definition) is 3. The van der Waals surface area contributed by atoms with E-state index in [-0.39, 0.29) is 5.56 Å². The molecule has 96 valence electrons. The van der Waals surface area contributed by atoms with Gasteiger partial charge < -0.3 is 5.32 Å². The predicted octanol–water partition coefficient (Wildman–Crippen LogP) is 1.64. The number of nitrogens with one attached hydrogen (secondary N) is 1. The summed E-state index contributed by atoms with van der Waals surface area (Å²) in [5, 5.41) is 3.42. The van der Waals surface area contributed by atoms with Gasteiger partial charge in [0.05, 0.1) is 0 Å². The molecule has 0 fully saturated rings. The molecule has 0 spiro atoms. The first-order chi connectivity index (χ1) is 8.04. The van der Waals surface area contributed by atoms with Gasteiger partial charge in [0, 0.05) is 24.3 Å². The van der Waals surface area contributed by atoms with Gasteiger partial charge in [-0.05, 0) is 40.2 Å². The summed E-state index contributed by atoms with van der Waals surface area (Å²) in [6.07, 6.45) is 2.08. The average Bonchev–Trinajstić information content (AvgIpc) is 2.24. The molecule has 1 aromatic rings. The Bertz CT molecular complexity index is 412.